The molecule has 21 heavy (non-hydrogen) atoms. The highest BCUT2D eigenvalue weighted by Gasteiger charge is 2.36. The molecule has 0 unspecified atom stereocenters. The summed E-state index contributed by atoms with van der Waals surface area (Å²) in [5.41, 5.74) is 1.16. The van der Waals surface area contributed by atoms with Crippen LogP contribution in [0.5, 0.6) is 0 Å². The largest absolute Gasteiger partial charge is 0.371 e. The van der Waals surface area contributed by atoms with E-state index in [1.54, 1.807) is 0 Å². The van der Waals surface area contributed by atoms with E-state index in [-0.39, 0.29) is 11.1 Å². The molecule has 1 aliphatic carbocycles. The normalized spacial score (nSPS) is 19.5. The second kappa shape index (κ2) is 6.76. The first-order valence-corrected chi connectivity index (χ1v) is 8.95. The maximum Gasteiger partial charge on any atom is 0.125 e. The van der Waals surface area contributed by atoms with E-state index in [2.05, 4.69) is 33.0 Å². The van der Waals surface area contributed by atoms with Gasteiger partial charge in [0.2, 0.25) is 0 Å². The zero-order chi connectivity index (χ0) is 15.5. The molecule has 1 aliphatic rings. The van der Waals surface area contributed by atoms with E-state index in [0.29, 0.717) is 0 Å². The Bertz CT molecular complexity index is 454. The van der Waals surface area contributed by atoms with Crippen LogP contribution in [0.1, 0.15) is 74.9 Å². The van der Waals surface area contributed by atoms with Crippen molar-refractivity contribution >= 4 is 11.3 Å². The van der Waals surface area contributed by atoms with Gasteiger partial charge in [-0.2, -0.15) is 0 Å². The molecule has 0 spiro atoms. The third-order valence-corrected chi connectivity index (χ3v) is 5.71. The molecule has 0 radical (unpaired) electrons. The molecule has 1 aromatic heterocycles. The number of thiazole rings is 1. The van der Waals surface area contributed by atoms with E-state index in [4.69, 9.17) is 9.72 Å². The highest BCUT2D eigenvalue weighted by Crippen LogP contribution is 2.41. The van der Waals surface area contributed by atoms with Crippen molar-refractivity contribution < 1.29 is 4.74 Å². The molecule has 0 bridgehead atoms. The van der Waals surface area contributed by atoms with Crippen LogP contribution < -0.4 is 5.32 Å². The van der Waals surface area contributed by atoms with Crippen LogP contribution in [0, 0.1) is 6.92 Å². The van der Waals surface area contributed by atoms with E-state index in [0.717, 1.165) is 25.1 Å². The number of hydrogen-bond acceptors (Lipinski definition) is 4. The lowest BCUT2D eigenvalue weighted by molar-refractivity contribution is -0.0280. The van der Waals surface area contributed by atoms with Gasteiger partial charge in [-0.05, 0) is 40.5 Å². The third kappa shape index (κ3) is 4.27. The molecule has 1 heterocycles. The molecule has 1 N–H and O–H groups in total. The monoisotopic (exact) mass is 310 g/mol. The molecular formula is C17H30N2OS. The lowest BCUT2D eigenvalue weighted by atomic mass is 9.95. The van der Waals surface area contributed by atoms with Crippen molar-refractivity contribution in [2.45, 2.75) is 83.9 Å². The third-order valence-electron chi connectivity index (χ3n) is 4.36. The summed E-state index contributed by atoms with van der Waals surface area (Å²) < 4.78 is 5.99. The Kier molecular flexibility index (Phi) is 5.44. The lowest BCUT2D eigenvalue weighted by Crippen LogP contribution is -2.34. The van der Waals surface area contributed by atoms with Gasteiger partial charge in [0, 0.05) is 24.1 Å². The van der Waals surface area contributed by atoms with E-state index in [1.807, 2.05) is 18.4 Å². The standard InChI is InChI=1S/C17H30N2OS/c1-13-14(12-18-16(2,3)4)21-15(19-13)17(20-5)10-8-6-7-9-11-17/h18H,6-12H2,1-5H3. The van der Waals surface area contributed by atoms with Crippen molar-refractivity contribution in [2.75, 3.05) is 7.11 Å². The van der Waals surface area contributed by atoms with Crippen LogP contribution in [-0.2, 0) is 16.9 Å². The van der Waals surface area contributed by atoms with Gasteiger partial charge in [-0.1, -0.05) is 25.7 Å². The molecule has 3 nitrogen and oxygen atoms in total. The quantitative estimate of drug-likeness (QED) is 0.829. The van der Waals surface area contributed by atoms with E-state index < -0.39 is 0 Å². The molecule has 1 fully saturated rings. The average molecular weight is 311 g/mol. The number of ether oxygens (including phenoxy) is 1. The average Bonchev–Trinajstić information content (AvgIpc) is 2.64. The fourth-order valence-corrected chi connectivity index (χ4v) is 4.16. The first-order valence-electron chi connectivity index (χ1n) is 8.13. The van der Waals surface area contributed by atoms with Crippen LogP contribution in [-0.4, -0.2) is 17.6 Å². The fourth-order valence-electron chi connectivity index (χ4n) is 2.94. The van der Waals surface area contributed by atoms with Crippen molar-refractivity contribution in [1.29, 1.82) is 0 Å². The summed E-state index contributed by atoms with van der Waals surface area (Å²) in [4.78, 5) is 6.22. The molecule has 0 atom stereocenters. The Labute approximate surface area is 133 Å². The summed E-state index contributed by atoms with van der Waals surface area (Å²) in [6, 6.07) is 0. The van der Waals surface area contributed by atoms with Gasteiger partial charge < -0.3 is 10.1 Å². The zero-order valence-corrected chi connectivity index (χ0v) is 15.0. The van der Waals surface area contributed by atoms with Crippen LogP contribution in [0.2, 0.25) is 0 Å². The van der Waals surface area contributed by atoms with Crippen LogP contribution in [0.3, 0.4) is 0 Å². The lowest BCUT2D eigenvalue weighted by Gasteiger charge is -2.29. The second-order valence-corrected chi connectivity index (χ2v) is 8.33. The molecule has 0 aromatic carbocycles. The Morgan fingerprint density at radius 1 is 1.19 bits per heavy atom. The summed E-state index contributed by atoms with van der Waals surface area (Å²) in [6.07, 6.45) is 7.39. The smallest absolute Gasteiger partial charge is 0.125 e. The minimum absolute atomic E-state index is 0.133. The number of aryl methyl sites for hydroxylation is 1. The molecule has 120 valence electrons. The van der Waals surface area contributed by atoms with Gasteiger partial charge in [-0.15, -0.1) is 11.3 Å². The number of rotatable bonds is 4. The van der Waals surface area contributed by atoms with Crippen molar-refractivity contribution in [1.82, 2.24) is 10.3 Å². The zero-order valence-electron chi connectivity index (χ0n) is 14.2. The molecule has 0 amide bonds. The summed E-state index contributed by atoms with van der Waals surface area (Å²) in [5.74, 6) is 0. The van der Waals surface area contributed by atoms with E-state index >= 15 is 0 Å². The molecule has 1 aromatic rings. The van der Waals surface area contributed by atoms with E-state index in [1.165, 1.54) is 35.6 Å². The fraction of sp³-hybridized carbons (Fsp3) is 0.824. The maximum absolute atomic E-state index is 5.99. The van der Waals surface area contributed by atoms with Crippen molar-refractivity contribution in [3.63, 3.8) is 0 Å². The Balaban J connectivity index is 2.19. The van der Waals surface area contributed by atoms with Crippen molar-refractivity contribution in [3.05, 3.63) is 15.6 Å². The van der Waals surface area contributed by atoms with Gasteiger partial charge in [0.15, 0.2) is 0 Å². The van der Waals surface area contributed by atoms with Crippen LogP contribution in [0.25, 0.3) is 0 Å². The second-order valence-electron chi connectivity index (χ2n) is 7.24. The number of aromatic nitrogens is 1. The first-order chi connectivity index (χ1) is 9.86. The first kappa shape index (κ1) is 16.9. The molecule has 2 rings (SSSR count). The Morgan fingerprint density at radius 3 is 2.33 bits per heavy atom. The molecule has 0 aliphatic heterocycles. The van der Waals surface area contributed by atoms with Crippen molar-refractivity contribution in [3.8, 4) is 0 Å². The Morgan fingerprint density at radius 2 is 1.81 bits per heavy atom. The Hall–Kier alpha value is -0.450. The highest BCUT2D eigenvalue weighted by atomic mass is 32.1. The van der Waals surface area contributed by atoms with Gasteiger partial charge in [-0.3, -0.25) is 0 Å². The summed E-state index contributed by atoms with van der Waals surface area (Å²) >= 11 is 1.84. The molecule has 4 heteroatoms. The van der Waals surface area contributed by atoms with Crippen molar-refractivity contribution in [2.24, 2.45) is 0 Å². The van der Waals surface area contributed by atoms with Gasteiger partial charge in [0.25, 0.3) is 0 Å². The topological polar surface area (TPSA) is 34.1 Å². The highest BCUT2D eigenvalue weighted by molar-refractivity contribution is 7.11. The summed E-state index contributed by atoms with van der Waals surface area (Å²) in [7, 11) is 1.86. The minimum Gasteiger partial charge on any atom is -0.371 e. The number of nitrogens with zero attached hydrogens (tertiary/aromatic N) is 1. The SMILES string of the molecule is COC1(c2nc(C)c(CNC(C)(C)C)s2)CCCCCC1. The molecular weight excluding hydrogens is 280 g/mol. The minimum atomic E-state index is -0.133. The predicted molar refractivity (Wildman–Crippen MR) is 89.8 cm³/mol. The van der Waals surface area contributed by atoms with Crippen LogP contribution in [0.4, 0.5) is 0 Å². The summed E-state index contributed by atoms with van der Waals surface area (Å²) in [6.45, 7) is 9.62. The van der Waals surface area contributed by atoms with Gasteiger partial charge in [0.1, 0.15) is 10.6 Å². The number of nitrogens with one attached hydrogen (secondary N) is 1. The number of methoxy groups -OCH3 is 1. The van der Waals surface area contributed by atoms with Gasteiger partial charge in [-0.25, -0.2) is 4.98 Å². The maximum atomic E-state index is 5.99. The van der Waals surface area contributed by atoms with Crippen LogP contribution >= 0.6 is 11.3 Å². The van der Waals surface area contributed by atoms with Crippen LogP contribution in [0.15, 0.2) is 0 Å². The molecule has 1 saturated carbocycles. The van der Waals surface area contributed by atoms with Gasteiger partial charge >= 0.3 is 0 Å². The van der Waals surface area contributed by atoms with Gasteiger partial charge in [0.05, 0.1) is 5.69 Å². The predicted octanol–water partition coefficient (Wildman–Crippen LogP) is 4.54. The van der Waals surface area contributed by atoms with E-state index in [9.17, 15) is 0 Å². The summed E-state index contributed by atoms with van der Waals surface area (Å²) in [5, 5.41) is 4.76. The number of hydrogen-bond donors (Lipinski definition) is 1. The molecule has 0 saturated heterocycles.